The number of hydrogen-bond donors (Lipinski definition) is 0. The maximum Gasteiger partial charge on any atom is 0.357 e. The van der Waals surface area contributed by atoms with Gasteiger partial charge in [0.1, 0.15) is 0 Å². The molecule has 1 saturated heterocycles. The Balaban J connectivity index is 1.82. The molecule has 1 saturated carbocycles. The number of rotatable bonds is 5. The molecule has 0 aromatic carbocycles. The van der Waals surface area contributed by atoms with Crippen LogP contribution in [0.15, 0.2) is 12.1 Å². The molecule has 0 bridgehead atoms. The number of carbonyl (C=O) groups excluding carboxylic acids is 1. The molecule has 108 valence electrons. The second-order valence-electron chi connectivity index (χ2n) is 5.33. The van der Waals surface area contributed by atoms with Crippen molar-refractivity contribution in [3.63, 3.8) is 0 Å². The smallest absolute Gasteiger partial charge is 0.357 e. The lowest BCUT2D eigenvalue weighted by atomic mass is 10.0. The zero-order valence-electron chi connectivity index (χ0n) is 11.6. The summed E-state index contributed by atoms with van der Waals surface area (Å²) >= 11 is 0. The average Bonchev–Trinajstić information content (AvgIpc) is 3.16. The highest BCUT2D eigenvalue weighted by atomic mass is 16.5. The van der Waals surface area contributed by atoms with Crippen LogP contribution >= 0.6 is 0 Å². The summed E-state index contributed by atoms with van der Waals surface area (Å²) in [5, 5.41) is 0. The Morgan fingerprint density at radius 2 is 2.25 bits per heavy atom. The van der Waals surface area contributed by atoms with Crippen LogP contribution in [-0.4, -0.2) is 31.3 Å². The van der Waals surface area contributed by atoms with Gasteiger partial charge in [-0.15, -0.1) is 0 Å². The van der Waals surface area contributed by atoms with E-state index < -0.39 is 5.97 Å². The SMILES string of the molecule is COC(=O)c1nc(OCC2CC2)ccc1C1CCCO1. The summed E-state index contributed by atoms with van der Waals surface area (Å²) in [5.41, 5.74) is 1.11. The molecule has 0 amide bonds. The van der Waals surface area contributed by atoms with Gasteiger partial charge < -0.3 is 14.2 Å². The fraction of sp³-hybridized carbons (Fsp3) is 0.600. The Bertz CT molecular complexity index is 493. The van der Waals surface area contributed by atoms with Crippen molar-refractivity contribution < 1.29 is 19.0 Å². The van der Waals surface area contributed by atoms with Crippen LogP contribution in [0.2, 0.25) is 0 Å². The summed E-state index contributed by atoms with van der Waals surface area (Å²) in [5.74, 6) is 0.697. The first kappa shape index (κ1) is 13.4. The van der Waals surface area contributed by atoms with Crippen molar-refractivity contribution in [2.45, 2.75) is 31.8 Å². The van der Waals surface area contributed by atoms with Gasteiger partial charge in [0.2, 0.25) is 5.88 Å². The lowest BCUT2D eigenvalue weighted by molar-refractivity contribution is 0.0578. The predicted molar refractivity (Wildman–Crippen MR) is 71.7 cm³/mol. The third kappa shape index (κ3) is 2.93. The van der Waals surface area contributed by atoms with Crippen molar-refractivity contribution in [2.24, 2.45) is 5.92 Å². The first-order chi connectivity index (χ1) is 9.78. The first-order valence-corrected chi connectivity index (χ1v) is 7.11. The fourth-order valence-corrected chi connectivity index (χ4v) is 2.36. The molecular formula is C15H19NO4. The van der Waals surface area contributed by atoms with E-state index in [2.05, 4.69) is 4.98 Å². The molecule has 1 atom stereocenters. The van der Waals surface area contributed by atoms with Gasteiger partial charge in [0.15, 0.2) is 5.69 Å². The van der Waals surface area contributed by atoms with Crippen molar-refractivity contribution in [2.75, 3.05) is 20.3 Å². The van der Waals surface area contributed by atoms with Gasteiger partial charge >= 0.3 is 5.97 Å². The van der Waals surface area contributed by atoms with Crippen molar-refractivity contribution in [3.05, 3.63) is 23.4 Å². The van der Waals surface area contributed by atoms with Gasteiger partial charge in [-0.1, -0.05) is 0 Å². The van der Waals surface area contributed by atoms with Crippen molar-refractivity contribution in [1.29, 1.82) is 0 Å². The monoisotopic (exact) mass is 277 g/mol. The predicted octanol–water partition coefficient (Wildman–Crippen LogP) is 2.51. The van der Waals surface area contributed by atoms with Gasteiger partial charge in [0.25, 0.3) is 0 Å². The highest BCUT2D eigenvalue weighted by molar-refractivity contribution is 5.89. The molecule has 2 fully saturated rings. The molecule has 0 radical (unpaired) electrons. The lowest BCUT2D eigenvalue weighted by Gasteiger charge is -2.14. The van der Waals surface area contributed by atoms with E-state index in [0.29, 0.717) is 24.1 Å². The Kier molecular flexibility index (Phi) is 3.87. The average molecular weight is 277 g/mol. The van der Waals surface area contributed by atoms with E-state index >= 15 is 0 Å². The number of pyridine rings is 1. The van der Waals surface area contributed by atoms with Crippen molar-refractivity contribution >= 4 is 5.97 Å². The third-order valence-corrected chi connectivity index (χ3v) is 3.72. The van der Waals surface area contributed by atoms with Gasteiger partial charge in [0, 0.05) is 18.2 Å². The highest BCUT2D eigenvalue weighted by Crippen LogP contribution is 2.32. The summed E-state index contributed by atoms with van der Waals surface area (Å²) in [7, 11) is 1.36. The molecule has 2 aliphatic rings. The largest absolute Gasteiger partial charge is 0.477 e. The summed E-state index contributed by atoms with van der Waals surface area (Å²) in [6.45, 7) is 1.40. The topological polar surface area (TPSA) is 57.7 Å². The number of nitrogens with zero attached hydrogens (tertiary/aromatic N) is 1. The van der Waals surface area contributed by atoms with Crippen LogP contribution in [0, 0.1) is 5.92 Å². The molecule has 5 nitrogen and oxygen atoms in total. The third-order valence-electron chi connectivity index (χ3n) is 3.72. The summed E-state index contributed by atoms with van der Waals surface area (Å²) in [6, 6.07) is 3.68. The first-order valence-electron chi connectivity index (χ1n) is 7.11. The van der Waals surface area contributed by atoms with E-state index in [0.717, 1.165) is 25.0 Å². The Hall–Kier alpha value is -1.62. The molecule has 1 unspecified atom stereocenters. The number of aromatic nitrogens is 1. The van der Waals surface area contributed by atoms with Gasteiger partial charge in [-0.3, -0.25) is 0 Å². The van der Waals surface area contributed by atoms with E-state index in [1.807, 2.05) is 12.1 Å². The van der Waals surface area contributed by atoms with E-state index in [1.165, 1.54) is 20.0 Å². The quantitative estimate of drug-likeness (QED) is 0.774. The van der Waals surface area contributed by atoms with Gasteiger partial charge in [-0.05, 0) is 37.7 Å². The van der Waals surface area contributed by atoms with Crippen LogP contribution in [-0.2, 0) is 9.47 Å². The molecule has 5 heteroatoms. The van der Waals surface area contributed by atoms with Crippen LogP contribution in [0.4, 0.5) is 0 Å². The maximum absolute atomic E-state index is 11.9. The molecule has 1 aromatic heterocycles. The number of methoxy groups -OCH3 is 1. The minimum atomic E-state index is -0.438. The maximum atomic E-state index is 11.9. The van der Waals surface area contributed by atoms with Gasteiger partial charge in [-0.25, -0.2) is 9.78 Å². The zero-order valence-corrected chi connectivity index (χ0v) is 11.6. The van der Waals surface area contributed by atoms with Crippen molar-refractivity contribution in [3.8, 4) is 5.88 Å². The summed E-state index contributed by atoms with van der Waals surface area (Å²) < 4.78 is 16.1. The van der Waals surface area contributed by atoms with E-state index in [1.54, 1.807) is 0 Å². The normalized spacial score (nSPS) is 21.8. The fourth-order valence-electron chi connectivity index (χ4n) is 2.36. The number of carbonyl (C=O) groups is 1. The zero-order chi connectivity index (χ0) is 13.9. The van der Waals surface area contributed by atoms with Crippen LogP contribution < -0.4 is 4.74 Å². The van der Waals surface area contributed by atoms with Gasteiger partial charge in [0.05, 0.1) is 19.8 Å². The Morgan fingerprint density at radius 3 is 2.90 bits per heavy atom. The molecule has 1 aliphatic heterocycles. The van der Waals surface area contributed by atoms with E-state index in [-0.39, 0.29) is 6.10 Å². The number of hydrogen-bond acceptors (Lipinski definition) is 5. The van der Waals surface area contributed by atoms with Crippen molar-refractivity contribution in [1.82, 2.24) is 4.98 Å². The summed E-state index contributed by atoms with van der Waals surface area (Å²) in [4.78, 5) is 16.2. The molecule has 1 aliphatic carbocycles. The van der Waals surface area contributed by atoms with Crippen LogP contribution in [0.5, 0.6) is 5.88 Å². The number of ether oxygens (including phenoxy) is 3. The van der Waals surface area contributed by atoms with E-state index in [4.69, 9.17) is 14.2 Å². The highest BCUT2D eigenvalue weighted by Gasteiger charge is 2.26. The molecule has 0 N–H and O–H groups in total. The summed E-state index contributed by atoms with van der Waals surface area (Å²) in [6.07, 6.45) is 4.29. The molecule has 20 heavy (non-hydrogen) atoms. The lowest BCUT2D eigenvalue weighted by Crippen LogP contribution is -2.13. The molecule has 0 spiro atoms. The second-order valence-corrected chi connectivity index (χ2v) is 5.33. The standard InChI is InChI=1S/C15H19NO4/c1-18-15(17)14-11(12-3-2-8-19-12)6-7-13(16-14)20-9-10-4-5-10/h6-7,10,12H,2-5,8-9H2,1H3. The van der Waals surface area contributed by atoms with Crippen LogP contribution in [0.3, 0.4) is 0 Å². The minimum Gasteiger partial charge on any atom is -0.477 e. The van der Waals surface area contributed by atoms with Gasteiger partial charge in [-0.2, -0.15) is 0 Å². The Morgan fingerprint density at radius 1 is 1.40 bits per heavy atom. The van der Waals surface area contributed by atoms with Crippen LogP contribution in [0.1, 0.15) is 47.8 Å². The van der Waals surface area contributed by atoms with E-state index in [9.17, 15) is 4.79 Å². The Labute approximate surface area is 118 Å². The molecule has 3 rings (SSSR count). The molecule has 2 heterocycles. The number of esters is 1. The van der Waals surface area contributed by atoms with Crippen LogP contribution in [0.25, 0.3) is 0 Å². The second kappa shape index (κ2) is 5.79. The molecular weight excluding hydrogens is 258 g/mol. The molecule has 1 aromatic rings. The minimum absolute atomic E-state index is 0.0610.